The third kappa shape index (κ3) is 1.88. The van der Waals surface area contributed by atoms with E-state index in [2.05, 4.69) is 5.32 Å². The Hall–Kier alpha value is -0.770. The topological polar surface area (TPSA) is 69.6 Å². The number of rotatable bonds is 3. The Kier molecular flexibility index (Phi) is 2.11. The summed E-state index contributed by atoms with van der Waals surface area (Å²) in [6.07, 6.45) is 0.628. The largest absolute Gasteiger partial charge is 0.465 e. The minimum absolute atomic E-state index is 0.102. The molecule has 0 aromatic carbocycles. The van der Waals surface area contributed by atoms with Gasteiger partial charge in [0.2, 0.25) is 0 Å². The third-order valence-corrected chi connectivity index (χ3v) is 1.73. The molecule has 0 aromatic rings. The number of aliphatic hydroxyl groups excluding tert-OH is 1. The molecule has 1 saturated carbocycles. The summed E-state index contributed by atoms with van der Waals surface area (Å²) < 4.78 is 0. The summed E-state index contributed by atoms with van der Waals surface area (Å²) in [5.41, 5.74) is 0. The minimum atomic E-state index is -0.967. The molecular weight excluding hydrogens is 134 g/mol. The summed E-state index contributed by atoms with van der Waals surface area (Å²) in [6.45, 7) is 0.155. The maximum absolute atomic E-state index is 10.0. The fraction of sp³-hybridized carbons (Fsp3) is 0.833. The lowest BCUT2D eigenvalue weighted by molar-refractivity contribution is 0.192. The van der Waals surface area contributed by atoms with E-state index >= 15 is 0 Å². The van der Waals surface area contributed by atoms with Crippen molar-refractivity contribution in [1.82, 2.24) is 5.32 Å². The standard InChI is InChI=1S/C6H11NO3/c8-2-1-4-3-5(4)7-6(9)10/h4-5,7-8H,1-3H2,(H,9,10)/t4-,5-/m1/s1. The Bertz CT molecular complexity index is 137. The molecule has 0 unspecified atom stereocenters. The molecule has 3 N–H and O–H groups in total. The second-order valence-electron chi connectivity index (χ2n) is 2.56. The van der Waals surface area contributed by atoms with Crippen LogP contribution in [-0.2, 0) is 0 Å². The van der Waals surface area contributed by atoms with Gasteiger partial charge in [-0.1, -0.05) is 0 Å². The molecule has 0 heterocycles. The van der Waals surface area contributed by atoms with Crippen LogP contribution in [-0.4, -0.2) is 29.0 Å². The average molecular weight is 145 g/mol. The van der Waals surface area contributed by atoms with Crippen LogP contribution in [0, 0.1) is 5.92 Å². The SMILES string of the molecule is O=C(O)N[C@@H]1C[C@H]1CCO. The molecule has 2 atom stereocenters. The fourth-order valence-electron chi connectivity index (χ4n) is 1.07. The second-order valence-corrected chi connectivity index (χ2v) is 2.56. The molecule has 1 aliphatic rings. The van der Waals surface area contributed by atoms with Gasteiger partial charge >= 0.3 is 6.09 Å². The smallest absolute Gasteiger partial charge is 0.404 e. The Labute approximate surface area is 58.9 Å². The number of nitrogens with one attached hydrogen (secondary N) is 1. The van der Waals surface area contributed by atoms with Crippen LogP contribution < -0.4 is 5.32 Å². The van der Waals surface area contributed by atoms with Gasteiger partial charge in [-0.15, -0.1) is 0 Å². The zero-order chi connectivity index (χ0) is 7.56. The van der Waals surface area contributed by atoms with E-state index in [9.17, 15) is 4.79 Å². The molecule has 0 aromatic heterocycles. The number of aliphatic hydroxyl groups is 1. The molecule has 1 fully saturated rings. The predicted octanol–water partition coefficient (Wildman–Crippen LogP) is 0.0249. The van der Waals surface area contributed by atoms with Crippen LogP contribution in [0.1, 0.15) is 12.8 Å². The van der Waals surface area contributed by atoms with Crippen LogP contribution in [0.5, 0.6) is 0 Å². The Morgan fingerprint density at radius 3 is 2.90 bits per heavy atom. The predicted molar refractivity (Wildman–Crippen MR) is 34.8 cm³/mol. The highest BCUT2D eigenvalue weighted by molar-refractivity contribution is 5.65. The molecule has 1 rings (SSSR count). The van der Waals surface area contributed by atoms with Gasteiger partial charge < -0.3 is 15.5 Å². The van der Waals surface area contributed by atoms with Crippen LogP contribution in [0.2, 0.25) is 0 Å². The number of amides is 1. The van der Waals surface area contributed by atoms with Gasteiger partial charge in [-0.25, -0.2) is 4.79 Å². The van der Waals surface area contributed by atoms with Crippen LogP contribution in [0.4, 0.5) is 4.79 Å². The van der Waals surface area contributed by atoms with Gasteiger partial charge in [-0.05, 0) is 18.8 Å². The summed E-state index contributed by atoms with van der Waals surface area (Å²) >= 11 is 0. The molecule has 10 heavy (non-hydrogen) atoms. The normalized spacial score (nSPS) is 29.7. The van der Waals surface area contributed by atoms with E-state index in [4.69, 9.17) is 10.2 Å². The molecule has 0 spiro atoms. The van der Waals surface area contributed by atoms with Crippen molar-refractivity contribution in [1.29, 1.82) is 0 Å². The number of carbonyl (C=O) groups is 1. The van der Waals surface area contributed by atoms with Crippen molar-refractivity contribution in [2.24, 2.45) is 5.92 Å². The summed E-state index contributed by atoms with van der Waals surface area (Å²) in [6, 6.07) is 0.102. The van der Waals surface area contributed by atoms with E-state index in [-0.39, 0.29) is 12.6 Å². The van der Waals surface area contributed by atoms with E-state index < -0.39 is 6.09 Å². The van der Waals surface area contributed by atoms with Crippen molar-refractivity contribution in [3.8, 4) is 0 Å². The Morgan fingerprint density at radius 2 is 2.40 bits per heavy atom. The molecule has 0 radical (unpaired) electrons. The second kappa shape index (κ2) is 2.88. The molecule has 1 amide bonds. The highest BCUT2D eigenvalue weighted by atomic mass is 16.4. The van der Waals surface area contributed by atoms with E-state index in [0.29, 0.717) is 12.3 Å². The van der Waals surface area contributed by atoms with Crippen molar-refractivity contribution >= 4 is 6.09 Å². The van der Waals surface area contributed by atoms with E-state index in [1.807, 2.05) is 0 Å². The van der Waals surface area contributed by atoms with Crippen molar-refractivity contribution in [3.63, 3.8) is 0 Å². The minimum Gasteiger partial charge on any atom is -0.465 e. The van der Waals surface area contributed by atoms with Crippen LogP contribution in [0.15, 0.2) is 0 Å². The zero-order valence-electron chi connectivity index (χ0n) is 5.58. The van der Waals surface area contributed by atoms with E-state index in [1.165, 1.54) is 0 Å². The molecule has 58 valence electrons. The van der Waals surface area contributed by atoms with Gasteiger partial charge in [0.05, 0.1) is 0 Å². The third-order valence-electron chi connectivity index (χ3n) is 1.73. The first kappa shape index (κ1) is 7.34. The molecule has 4 nitrogen and oxygen atoms in total. The molecule has 4 heteroatoms. The van der Waals surface area contributed by atoms with Gasteiger partial charge in [-0.2, -0.15) is 0 Å². The van der Waals surface area contributed by atoms with Gasteiger partial charge in [0, 0.05) is 12.6 Å². The van der Waals surface area contributed by atoms with Crippen molar-refractivity contribution in [2.75, 3.05) is 6.61 Å². The molecule has 1 aliphatic carbocycles. The lowest BCUT2D eigenvalue weighted by Crippen LogP contribution is -2.24. The van der Waals surface area contributed by atoms with Crippen LogP contribution >= 0.6 is 0 Å². The number of hydrogen-bond donors (Lipinski definition) is 3. The summed E-state index contributed by atoms with van der Waals surface area (Å²) in [7, 11) is 0. The number of carboxylic acid groups (broad SMARTS) is 1. The van der Waals surface area contributed by atoms with Gasteiger partial charge in [0.1, 0.15) is 0 Å². The summed E-state index contributed by atoms with van der Waals surface area (Å²) in [5, 5.41) is 19.0. The Morgan fingerprint density at radius 1 is 1.70 bits per heavy atom. The molecule has 0 saturated heterocycles. The fourth-order valence-corrected chi connectivity index (χ4v) is 1.07. The van der Waals surface area contributed by atoms with Gasteiger partial charge in [-0.3, -0.25) is 0 Å². The lowest BCUT2D eigenvalue weighted by atomic mass is 10.3. The molecule has 0 bridgehead atoms. The quantitative estimate of drug-likeness (QED) is 0.524. The van der Waals surface area contributed by atoms with Crippen molar-refractivity contribution in [3.05, 3.63) is 0 Å². The first-order valence-corrected chi connectivity index (χ1v) is 3.34. The molecule has 0 aliphatic heterocycles. The summed E-state index contributed by atoms with van der Waals surface area (Å²) in [4.78, 5) is 10.0. The summed E-state index contributed by atoms with van der Waals surface area (Å²) in [5.74, 6) is 0.376. The maximum atomic E-state index is 10.0. The first-order valence-electron chi connectivity index (χ1n) is 3.34. The van der Waals surface area contributed by atoms with E-state index in [1.54, 1.807) is 0 Å². The highest BCUT2D eigenvalue weighted by Gasteiger charge is 2.37. The van der Waals surface area contributed by atoms with Crippen LogP contribution in [0.25, 0.3) is 0 Å². The maximum Gasteiger partial charge on any atom is 0.404 e. The number of hydrogen-bond acceptors (Lipinski definition) is 2. The van der Waals surface area contributed by atoms with Crippen molar-refractivity contribution < 1.29 is 15.0 Å². The van der Waals surface area contributed by atoms with Gasteiger partial charge in [0.25, 0.3) is 0 Å². The van der Waals surface area contributed by atoms with Gasteiger partial charge in [0.15, 0.2) is 0 Å². The first-order chi connectivity index (χ1) is 4.74. The average Bonchev–Trinajstić information content (AvgIpc) is 2.47. The van der Waals surface area contributed by atoms with Crippen molar-refractivity contribution in [2.45, 2.75) is 18.9 Å². The molecular formula is C6H11NO3. The van der Waals surface area contributed by atoms with E-state index in [0.717, 1.165) is 6.42 Å². The Balaban J connectivity index is 2.07. The zero-order valence-corrected chi connectivity index (χ0v) is 5.58. The highest BCUT2D eigenvalue weighted by Crippen LogP contribution is 2.32. The van der Waals surface area contributed by atoms with Crippen LogP contribution in [0.3, 0.4) is 0 Å². The monoisotopic (exact) mass is 145 g/mol. The lowest BCUT2D eigenvalue weighted by Gasteiger charge is -1.96.